The number of carbonyl (C=O) groups excluding carboxylic acids is 1. The van der Waals surface area contributed by atoms with Gasteiger partial charge in [-0.05, 0) is 25.0 Å². The summed E-state index contributed by atoms with van der Waals surface area (Å²) in [5.41, 5.74) is 0. The number of carbonyl (C=O) groups is 1. The summed E-state index contributed by atoms with van der Waals surface area (Å²) in [6, 6.07) is 2.97. The fraction of sp³-hybridized carbons (Fsp3) is 0.583. The van der Waals surface area contributed by atoms with Gasteiger partial charge in [0, 0.05) is 13.6 Å². The van der Waals surface area contributed by atoms with Gasteiger partial charge in [0.05, 0.1) is 19.1 Å². The van der Waals surface area contributed by atoms with Crippen molar-refractivity contribution in [2.75, 3.05) is 19.8 Å². The number of rotatable bonds is 4. The lowest BCUT2D eigenvalue weighted by Gasteiger charge is -2.25. The Morgan fingerprint density at radius 2 is 2.32 bits per heavy atom. The van der Waals surface area contributed by atoms with E-state index >= 15 is 0 Å². The third-order valence-electron chi connectivity index (χ3n) is 3.26. The minimum atomic E-state index is -3.33. The average molecular weight is 286 g/mol. The van der Waals surface area contributed by atoms with Crippen LogP contribution in [0, 0.1) is 0 Å². The van der Waals surface area contributed by atoms with E-state index in [9.17, 15) is 13.2 Å². The molecule has 1 unspecified atom stereocenters. The summed E-state index contributed by atoms with van der Waals surface area (Å²) in [5.74, 6) is 0.499. The molecule has 0 spiro atoms. The predicted molar refractivity (Wildman–Crippen MR) is 69.8 cm³/mol. The lowest BCUT2D eigenvalue weighted by Crippen LogP contribution is -2.45. The molecule has 0 aromatic carbocycles. The molecule has 0 radical (unpaired) electrons. The molecule has 0 N–H and O–H groups in total. The number of amides is 1. The second-order valence-electron chi connectivity index (χ2n) is 4.81. The molecule has 106 valence electrons. The van der Waals surface area contributed by atoms with Gasteiger partial charge in [0.2, 0.25) is 15.9 Å². The van der Waals surface area contributed by atoms with Gasteiger partial charge in [0.25, 0.3) is 0 Å². The zero-order valence-corrected chi connectivity index (χ0v) is 11.9. The Balaban J connectivity index is 2.06. The van der Waals surface area contributed by atoms with Crippen molar-refractivity contribution in [3.8, 4) is 0 Å². The lowest BCUT2D eigenvalue weighted by molar-refractivity contribution is -0.134. The molecule has 1 atom stereocenters. The van der Waals surface area contributed by atoms with Crippen LogP contribution in [-0.2, 0) is 21.4 Å². The van der Waals surface area contributed by atoms with Crippen LogP contribution in [-0.4, -0.2) is 49.4 Å². The monoisotopic (exact) mass is 286 g/mol. The Labute approximate surface area is 113 Å². The lowest BCUT2D eigenvalue weighted by atomic mass is 10.2. The molecule has 7 heteroatoms. The maximum atomic E-state index is 12.3. The van der Waals surface area contributed by atoms with E-state index in [0.29, 0.717) is 25.3 Å². The largest absolute Gasteiger partial charge is 0.467 e. The Morgan fingerprint density at radius 3 is 2.89 bits per heavy atom. The zero-order valence-electron chi connectivity index (χ0n) is 11.1. The van der Waals surface area contributed by atoms with Gasteiger partial charge < -0.3 is 9.32 Å². The molecule has 1 aliphatic rings. The molecule has 0 aliphatic carbocycles. The van der Waals surface area contributed by atoms with E-state index in [1.54, 1.807) is 25.4 Å². The van der Waals surface area contributed by atoms with Crippen LogP contribution in [0.5, 0.6) is 0 Å². The molecule has 1 aliphatic heterocycles. The van der Waals surface area contributed by atoms with Gasteiger partial charge in [-0.15, -0.1) is 0 Å². The van der Waals surface area contributed by atoms with Gasteiger partial charge >= 0.3 is 0 Å². The van der Waals surface area contributed by atoms with E-state index in [2.05, 4.69) is 0 Å². The highest BCUT2D eigenvalue weighted by atomic mass is 32.2. The first-order valence-corrected chi connectivity index (χ1v) is 7.98. The van der Waals surface area contributed by atoms with Crippen molar-refractivity contribution in [3.05, 3.63) is 24.2 Å². The Hall–Kier alpha value is -1.34. The van der Waals surface area contributed by atoms with Gasteiger partial charge in [0.15, 0.2) is 0 Å². The molecule has 1 amide bonds. The minimum absolute atomic E-state index is 0.181. The van der Waals surface area contributed by atoms with Gasteiger partial charge in [0.1, 0.15) is 11.8 Å². The SMILES string of the molecule is CN(Cc1ccco1)C(=O)C1CCCN1S(C)(=O)=O. The highest BCUT2D eigenvalue weighted by Crippen LogP contribution is 2.22. The summed E-state index contributed by atoms with van der Waals surface area (Å²) in [6.07, 6.45) is 3.99. The molecule has 1 fully saturated rings. The van der Waals surface area contributed by atoms with Gasteiger partial charge in [-0.1, -0.05) is 0 Å². The fourth-order valence-corrected chi connectivity index (χ4v) is 3.47. The maximum absolute atomic E-state index is 12.3. The average Bonchev–Trinajstić information content (AvgIpc) is 2.96. The Morgan fingerprint density at radius 1 is 1.58 bits per heavy atom. The number of furan rings is 1. The van der Waals surface area contributed by atoms with Gasteiger partial charge in [-0.2, -0.15) is 4.31 Å². The van der Waals surface area contributed by atoms with Crippen molar-refractivity contribution in [1.29, 1.82) is 0 Å². The van der Waals surface area contributed by atoms with Crippen molar-refractivity contribution in [2.24, 2.45) is 0 Å². The minimum Gasteiger partial charge on any atom is -0.467 e. The fourth-order valence-electron chi connectivity index (χ4n) is 2.35. The number of sulfonamides is 1. The van der Waals surface area contributed by atoms with Crippen LogP contribution in [0.25, 0.3) is 0 Å². The number of likely N-dealkylation sites (N-methyl/N-ethyl adjacent to an activating group) is 1. The summed E-state index contributed by atoms with van der Waals surface area (Å²) < 4.78 is 29.7. The summed E-state index contributed by atoms with van der Waals surface area (Å²) in [6.45, 7) is 0.768. The topological polar surface area (TPSA) is 70.8 Å². The smallest absolute Gasteiger partial charge is 0.241 e. The van der Waals surface area contributed by atoms with Crippen LogP contribution in [0.3, 0.4) is 0 Å². The molecule has 2 rings (SSSR count). The van der Waals surface area contributed by atoms with Crippen molar-refractivity contribution < 1.29 is 17.6 Å². The van der Waals surface area contributed by atoms with Crippen molar-refractivity contribution in [1.82, 2.24) is 9.21 Å². The van der Waals surface area contributed by atoms with Crippen LogP contribution in [0.1, 0.15) is 18.6 Å². The highest BCUT2D eigenvalue weighted by Gasteiger charge is 2.37. The molecule has 6 nitrogen and oxygen atoms in total. The van der Waals surface area contributed by atoms with E-state index in [0.717, 1.165) is 12.7 Å². The molecule has 19 heavy (non-hydrogen) atoms. The van der Waals surface area contributed by atoms with Crippen molar-refractivity contribution in [2.45, 2.75) is 25.4 Å². The van der Waals surface area contributed by atoms with E-state index in [1.807, 2.05) is 0 Å². The Kier molecular flexibility index (Phi) is 3.96. The quantitative estimate of drug-likeness (QED) is 0.815. The van der Waals surface area contributed by atoms with Gasteiger partial charge in [-0.25, -0.2) is 8.42 Å². The van der Waals surface area contributed by atoms with Crippen molar-refractivity contribution in [3.63, 3.8) is 0 Å². The normalized spacial score (nSPS) is 20.6. The first kappa shape index (κ1) is 14.1. The van der Waals surface area contributed by atoms with E-state index in [1.165, 1.54) is 9.21 Å². The molecular formula is C12H18N2O4S. The molecule has 1 aromatic heterocycles. The molecule has 0 bridgehead atoms. The summed E-state index contributed by atoms with van der Waals surface area (Å²) in [5, 5.41) is 0. The van der Waals surface area contributed by atoms with Crippen LogP contribution < -0.4 is 0 Å². The third-order valence-corrected chi connectivity index (χ3v) is 4.55. The van der Waals surface area contributed by atoms with Crippen LogP contribution in [0.15, 0.2) is 22.8 Å². The number of hydrogen-bond donors (Lipinski definition) is 0. The van der Waals surface area contributed by atoms with Crippen molar-refractivity contribution >= 4 is 15.9 Å². The molecular weight excluding hydrogens is 268 g/mol. The van der Waals surface area contributed by atoms with E-state index in [-0.39, 0.29) is 5.91 Å². The summed E-state index contributed by atoms with van der Waals surface area (Å²) >= 11 is 0. The second kappa shape index (κ2) is 5.34. The molecule has 1 aromatic rings. The third kappa shape index (κ3) is 3.16. The second-order valence-corrected chi connectivity index (χ2v) is 6.74. The zero-order chi connectivity index (χ0) is 14.0. The Bertz CT molecular complexity index is 538. The maximum Gasteiger partial charge on any atom is 0.241 e. The highest BCUT2D eigenvalue weighted by molar-refractivity contribution is 7.88. The van der Waals surface area contributed by atoms with Crippen LogP contribution in [0.4, 0.5) is 0 Å². The van der Waals surface area contributed by atoms with Gasteiger partial charge in [-0.3, -0.25) is 4.79 Å². The summed E-state index contributed by atoms with van der Waals surface area (Å²) in [4.78, 5) is 13.8. The first-order valence-electron chi connectivity index (χ1n) is 6.14. The molecule has 0 saturated carbocycles. The van der Waals surface area contributed by atoms with Crippen LogP contribution in [0.2, 0.25) is 0 Å². The van der Waals surface area contributed by atoms with Crippen LogP contribution >= 0.6 is 0 Å². The first-order chi connectivity index (χ1) is 8.89. The molecule has 2 heterocycles. The standard InChI is InChI=1S/C12H18N2O4S/c1-13(9-10-5-4-8-18-10)12(15)11-6-3-7-14(11)19(2,16)17/h4-5,8,11H,3,6-7,9H2,1-2H3. The van der Waals surface area contributed by atoms with E-state index < -0.39 is 16.1 Å². The van der Waals surface area contributed by atoms with E-state index in [4.69, 9.17) is 4.42 Å². The number of nitrogens with zero attached hydrogens (tertiary/aromatic N) is 2. The summed E-state index contributed by atoms with van der Waals surface area (Å²) in [7, 11) is -1.67. The molecule has 1 saturated heterocycles. The number of hydrogen-bond acceptors (Lipinski definition) is 4. The predicted octanol–water partition coefficient (Wildman–Crippen LogP) is 0.662.